The van der Waals surface area contributed by atoms with E-state index in [1.165, 1.54) is 25.7 Å². The molecule has 0 aromatic heterocycles. The summed E-state index contributed by atoms with van der Waals surface area (Å²) in [5.41, 5.74) is 3.25. The van der Waals surface area contributed by atoms with E-state index in [2.05, 4.69) is 16.3 Å². The fourth-order valence-electron chi connectivity index (χ4n) is 2.54. The first kappa shape index (κ1) is 11.9. The molecule has 0 atom stereocenters. The van der Waals surface area contributed by atoms with E-state index in [4.69, 9.17) is 11.3 Å². The minimum absolute atomic E-state index is 0.462. The molecule has 1 saturated heterocycles. The monoisotopic (exact) mass is 222 g/mol. The number of hydroxylamine groups is 1. The van der Waals surface area contributed by atoms with E-state index < -0.39 is 0 Å². The van der Waals surface area contributed by atoms with Gasteiger partial charge in [-0.1, -0.05) is 18.8 Å². The number of nitrogens with one attached hydrogen (secondary N) is 1. The van der Waals surface area contributed by atoms with Gasteiger partial charge in [0, 0.05) is 19.1 Å². The third-order valence-electron chi connectivity index (χ3n) is 3.61. The highest BCUT2D eigenvalue weighted by atomic mass is 16.7. The average Bonchev–Trinajstić information content (AvgIpc) is 2.82. The summed E-state index contributed by atoms with van der Waals surface area (Å²) in [7, 11) is 0. The lowest BCUT2D eigenvalue weighted by molar-refractivity contribution is -0.0498. The van der Waals surface area contributed by atoms with Crippen LogP contribution in [0.3, 0.4) is 0 Å². The molecular formula is C13H22N2O. The SMILES string of the molecule is C#CCN1CCC(NOC2CCCC2)CC1. The molecule has 90 valence electrons. The van der Waals surface area contributed by atoms with Crippen LogP contribution in [0.4, 0.5) is 0 Å². The summed E-state index contributed by atoms with van der Waals surface area (Å²) in [6, 6.07) is 0.523. The topological polar surface area (TPSA) is 24.5 Å². The van der Waals surface area contributed by atoms with Crippen molar-refractivity contribution in [3.05, 3.63) is 0 Å². The van der Waals surface area contributed by atoms with E-state index in [9.17, 15) is 0 Å². The van der Waals surface area contributed by atoms with Gasteiger partial charge in [0.05, 0.1) is 12.6 Å². The Morgan fingerprint density at radius 1 is 1.19 bits per heavy atom. The van der Waals surface area contributed by atoms with Crippen LogP contribution in [0.15, 0.2) is 0 Å². The zero-order valence-electron chi connectivity index (χ0n) is 9.95. The molecule has 0 bridgehead atoms. The quantitative estimate of drug-likeness (QED) is 0.577. The molecule has 1 saturated carbocycles. The molecule has 16 heavy (non-hydrogen) atoms. The fraction of sp³-hybridized carbons (Fsp3) is 0.846. The number of hydrogen-bond acceptors (Lipinski definition) is 3. The number of rotatable bonds is 4. The van der Waals surface area contributed by atoms with E-state index in [1.807, 2.05) is 0 Å². The molecule has 0 spiro atoms. The molecule has 2 rings (SSSR count). The molecular weight excluding hydrogens is 200 g/mol. The Balaban J connectivity index is 1.60. The number of piperidine rings is 1. The van der Waals surface area contributed by atoms with Gasteiger partial charge in [0.15, 0.2) is 0 Å². The summed E-state index contributed by atoms with van der Waals surface area (Å²) in [5, 5.41) is 0. The van der Waals surface area contributed by atoms with Crippen molar-refractivity contribution in [2.24, 2.45) is 0 Å². The summed E-state index contributed by atoms with van der Waals surface area (Å²) in [5.74, 6) is 2.70. The average molecular weight is 222 g/mol. The number of terminal acetylenes is 1. The Hall–Kier alpha value is -0.560. The number of nitrogens with zero attached hydrogens (tertiary/aromatic N) is 1. The zero-order valence-corrected chi connectivity index (χ0v) is 9.95. The molecule has 0 aromatic carbocycles. The van der Waals surface area contributed by atoms with Crippen LogP contribution in [-0.2, 0) is 4.84 Å². The lowest BCUT2D eigenvalue weighted by atomic mass is 10.1. The van der Waals surface area contributed by atoms with Crippen molar-refractivity contribution in [2.45, 2.75) is 50.7 Å². The Kier molecular flexibility index (Phi) is 4.65. The predicted molar refractivity (Wildman–Crippen MR) is 64.8 cm³/mol. The summed E-state index contributed by atoms with van der Waals surface area (Å²) in [6.07, 6.45) is 13.2. The number of likely N-dealkylation sites (tertiary alicyclic amines) is 1. The van der Waals surface area contributed by atoms with Crippen LogP contribution in [0.5, 0.6) is 0 Å². The van der Waals surface area contributed by atoms with Gasteiger partial charge in [0.1, 0.15) is 0 Å². The van der Waals surface area contributed by atoms with E-state index in [-0.39, 0.29) is 0 Å². The lowest BCUT2D eigenvalue weighted by Crippen LogP contribution is -2.43. The third kappa shape index (κ3) is 3.48. The maximum Gasteiger partial charge on any atom is 0.0790 e. The second kappa shape index (κ2) is 6.24. The van der Waals surface area contributed by atoms with Crippen LogP contribution in [0.25, 0.3) is 0 Å². The van der Waals surface area contributed by atoms with Crippen molar-refractivity contribution in [2.75, 3.05) is 19.6 Å². The highest BCUT2D eigenvalue weighted by Crippen LogP contribution is 2.20. The lowest BCUT2D eigenvalue weighted by Gasteiger charge is -2.31. The minimum Gasteiger partial charge on any atom is -0.298 e. The van der Waals surface area contributed by atoms with Crippen molar-refractivity contribution in [1.29, 1.82) is 0 Å². The van der Waals surface area contributed by atoms with Gasteiger partial charge in [-0.3, -0.25) is 9.74 Å². The molecule has 1 N–H and O–H groups in total. The largest absolute Gasteiger partial charge is 0.298 e. The fourth-order valence-corrected chi connectivity index (χ4v) is 2.54. The first-order chi connectivity index (χ1) is 7.88. The van der Waals surface area contributed by atoms with Gasteiger partial charge >= 0.3 is 0 Å². The van der Waals surface area contributed by atoms with Crippen LogP contribution in [0.2, 0.25) is 0 Å². The van der Waals surface area contributed by atoms with Gasteiger partial charge in [-0.05, 0) is 25.7 Å². The molecule has 0 aromatic rings. The van der Waals surface area contributed by atoms with Gasteiger partial charge < -0.3 is 0 Å². The van der Waals surface area contributed by atoms with Crippen molar-refractivity contribution < 1.29 is 4.84 Å². The summed E-state index contributed by atoms with van der Waals surface area (Å²) in [6.45, 7) is 2.97. The molecule has 2 aliphatic rings. The summed E-state index contributed by atoms with van der Waals surface area (Å²) in [4.78, 5) is 8.06. The van der Waals surface area contributed by atoms with Crippen LogP contribution in [-0.4, -0.2) is 36.7 Å². The maximum absolute atomic E-state index is 5.73. The highest BCUT2D eigenvalue weighted by molar-refractivity contribution is 4.90. The van der Waals surface area contributed by atoms with Crippen molar-refractivity contribution >= 4 is 0 Å². The summed E-state index contributed by atoms with van der Waals surface area (Å²) >= 11 is 0. The molecule has 1 aliphatic heterocycles. The van der Waals surface area contributed by atoms with Crippen molar-refractivity contribution in [3.63, 3.8) is 0 Å². The molecule has 3 nitrogen and oxygen atoms in total. The Morgan fingerprint density at radius 2 is 1.88 bits per heavy atom. The molecule has 1 heterocycles. The standard InChI is InChI=1S/C13H22N2O/c1-2-9-15-10-7-12(8-11-15)14-16-13-5-3-4-6-13/h1,12-14H,3-11H2. The first-order valence-electron chi connectivity index (χ1n) is 6.45. The second-order valence-electron chi connectivity index (χ2n) is 4.90. The Bertz CT molecular complexity index is 235. The van der Waals surface area contributed by atoms with Crippen LogP contribution in [0, 0.1) is 12.3 Å². The predicted octanol–water partition coefficient (Wildman–Crippen LogP) is 1.55. The van der Waals surface area contributed by atoms with Crippen molar-refractivity contribution in [3.8, 4) is 12.3 Å². The van der Waals surface area contributed by atoms with E-state index in [1.54, 1.807) is 0 Å². The van der Waals surface area contributed by atoms with Crippen molar-refractivity contribution in [1.82, 2.24) is 10.4 Å². The van der Waals surface area contributed by atoms with Gasteiger partial charge in [-0.2, -0.15) is 5.48 Å². The van der Waals surface area contributed by atoms with Crippen LogP contribution < -0.4 is 5.48 Å². The number of hydrogen-bond donors (Lipinski definition) is 1. The van der Waals surface area contributed by atoms with E-state index in [0.717, 1.165) is 32.5 Å². The molecule has 2 fully saturated rings. The third-order valence-corrected chi connectivity index (χ3v) is 3.61. The Labute approximate surface area is 98.5 Å². The zero-order chi connectivity index (χ0) is 11.2. The van der Waals surface area contributed by atoms with Crippen LogP contribution in [0.1, 0.15) is 38.5 Å². The smallest absolute Gasteiger partial charge is 0.0790 e. The van der Waals surface area contributed by atoms with Gasteiger partial charge in [0.2, 0.25) is 0 Å². The van der Waals surface area contributed by atoms with E-state index >= 15 is 0 Å². The molecule has 0 unspecified atom stereocenters. The molecule has 0 amide bonds. The van der Waals surface area contributed by atoms with Gasteiger partial charge in [-0.15, -0.1) is 6.42 Å². The normalized spacial score (nSPS) is 24.7. The Morgan fingerprint density at radius 3 is 2.50 bits per heavy atom. The van der Waals surface area contributed by atoms with Gasteiger partial charge in [0.25, 0.3) is 0 Å². The highest BCUT2D eigenvalue weighted by Gasteiger charge is 2.21. The van der Waals surface area contributed by atoms with Crippen LogP contribution >= 0.6 is 0 Å². The van der Waals surface area contributed by atoms with E-state index in [0.29, 0.717) is 12.1 Å². The summed E-state index contributed by atoms with van der Waals surface area (Å²) < 4.78 is 0. The molecule has 1 aliphatic carbocycles. The molecule has 0 radical (unpaired) electrons. The first-order valence-corrected chi connectivity index (χ1v) is 6.45. The minimum atomic E-state index is 0.462. The van der Waals surface area contributed by atoms with Gasteiger partial charge in [-0.25, -0.2) is 0 Å². The maximum atomic E-state index is 5.73. The molecule has 3 heteroatoms. The second-order valence-corrected chi connectivity index (χ2v) is 4.90.